The molecule has 0 radical (unpaired) electrons. The maximum atomic E-state index is 9.36. The highest BCUT2D eigenvalue weighted by atomic mass is 16.5. The van der Waals surface area contributed by atoms with Gasteiger partial charge in [-0.05, 0) is 13.0 Å². The van der Waals surface area contributed by atoms with E-state index in [-0.39, 0.29) is 12.6 Å². The van der Waals surface area contributed by atoms with Gasteiger partial charge in [0.1, 0.15) is 5.82 Å². The lowest BCUT2D eigenvalue weighted by molar-refractivity contribution is -0.0312. The van der Waals surface area contributed by atoms with Crippen LogP contribution < -0.4 is 5.32 Å². The lowest BCUT2D eigenvalue weighted by Gasteiger charge is -2.34. The van der Waals surface area contributed by atoms with Crippen LogP contribution in [0.3, 0.4) is 0 Å². The third kappa shape index (κ3) is 3.19. The zero-order chi connectivity index (χ0) is 12.8. The standard InChI is InChI=1S/C13H21N3O2/c1-2-14-13-11(4-3-5-15-13)8-16-6-7-18-10-12(16)9-17/h3-5,12,17H,2,6-10H2,1H3,(H,14,15). The molecule has 5 nitrogen and oxygen atoms in total. The Morgan fingerprint density at radius 2 is 2.50 bits per heavy atom. The molecule has 0 saturated carbocycles. The lowest BCUT2D eigenvalue weighted by atomic mass is 10.1. The Bertz CT molecular complexity index is 373. The van der Waals surface area contributed by atoms with Gasteiger partial charge in [-0.15, -0.1) is 0 Å². The van der Waals surface area contributed by atoms with Gasteiger partial charge < -0.3 is 15.2 Å². The number of hydrogen-bond donors (Lipinski definition) is 2. The fourth-order valence-corrected chi connectivity index (χ4v) is 2.18. The molecule has 0 amide bonds. The lowest BCUT2D eigenvalue weighted by Crippen LogP contribution is -2.46. The van der Waals surface area contributed by atoms with E-state index in [2.05, 4.69) is 28.2 Å². The molecule has 1 fully saturated rings. The molecule has 1 unspecified atom stereocenters. The summed E-state index contributed by atoms with van der Waals surface area (Å²) in [5, 5.41) is 12.6. The van der Waals surface area contributed by atoms with E-state index in [0.717, 1.165) is 32.1 Å². The zero-order valence-corrected chi connectivity index (χ0v) is 10.8. The minimum absolute atomic E-state index is 0.0911. The summed E-state index contributed by atoms with van der Waals surface area (Å²) in [6, 6.07) is 4.12. The van der Waals surface area contributed by atoms with Crippen molar-refractivity contribution in [3.63, 3.8) is 0 Å². The molecule has 1 aromatic heterocycles. The minimum atomic E-state index is 0.0911. The number of ether oxygens (including phenoxy) is 1. The van der Waals surface area contributed by atoms with Crippen LogP contribution in [0.1, 0.15) is 12.5 Å². The van der Waals surface area contributed by atoms with E-state index < -0.39 is 0 Å². The smallest absolute Gasteiger partial charge is 0.130 e. The van der Waals surface area contributed by atoms with Gasteiger partial charge in [-0.2, -0.15) is 0 Å². The van der Waals surface area contributed by atoms with Gasteiger partial charge in [-0.1, -0.05) is 6.07 Å². The van der Waals surface area contributed by atoms with Crippen LogP contribution in [0.5, 0.6) is 0 Å². The second-order valence-corrected chi connectivity index (χ2v) is 4.42. The van der Waals surface area contributed by atoms with E-state index in [1.807, 2.05) is 6.07 Å². The van der Waals surface area contributed by atoms with E-state index in [4.69, 9.17) is 4.74 Å². The van der Waals surface area contributed by atoms with Gasteiger partial charge >= 0.3 is 0 Å². The molecule has 0 aromatic carbocycles. The normalized spacial score (nSPS) is 20.9. The Labute approximate surface area is 108 Å². The van der Waals surface area contributed by atoms with Crippen LogP contribution in [0.4, 0.5) is 5.82 Å². The number of nitrogens with zero attached hydrogens (tertiary/aromatic N) is 2. The number of aliphatic hydroxyl groups excluding tert-OH is 1. The number of hydrogen-bond acceptors (Lipinski definition) is 5. The molecular formula is C13H21N3O2. The van der Waals surface area contributed by atoms with E-state index in [1.165, 1.54) is 5.56 Å². The van der Waals surface area contributed by atoms with Gasteiger partial charge in [0.25, 0.3) is 0 Å². The van der Waals surface area contributed by atoms with Crippen molar-refractivity contribution in [2.24, 2.45) is 0 Å². The van der Waals surface area contributed by atoms with Crippen molar-refractivity contribution in [2.45, 2.75) is 19.5 Å². The van der Waals surface area contributed by atoms with Crippen LogP contribution in [0.15, 0.2) is 18.3 Å². The number of pyridine rings is 1. The molecule has 1 atom stereocenters. The monoisotopic (exact) mass is 251 g/mol. The Morgan fingerprint density at radius 1 is 1.61 bits per heavy atom. The van der Waals surface area contributed by atoms with Crippen molar-refractivity contribution in [3.8, 4) is 0 Å². The summed E-state index contributed by atoms with van der Waals surface area (Å²) in [5.41, 5.74) is 1.17. The Hall–Kier alpha value is -1.17. The number of nitrogens with one attached hydrogen (secondary N) is 1. The summed E-state index contributed by atoms with van der Waals surface area (Å²) in [6.45, 7) is 6.04. The number of aliphatic hydroxyl groups is 1. The first-order valence-electron chi connectivity index (χ1n) is 6.45. The molecule has 0 bridgehead atoms. The SMILES string of the molecule is CCNc1ncccc1CN1CCOCC1CO. The summed E-state index contributed by atoms with van der Waals surface area (Å²) in [6.07, 6.45) is 1.80. The van der Waals surface area contributed by atoms with Gasteiger partial charge in [0.15, 0.2) is 0 Å². The highest BCUT2D eigenvalue weighted by Crippen LogP contribution is 2.17. The van der Waals surface area contributed by atoms with Crippen LogP contribution in [0, 0.1) is 0 Å². The summed E-state index contributed by atoms with van der Waals surface area (Å²) in [4.78, 5) is 6.60. The maximum Gasteiger partial charge on any atom is 0.130 e. The number of anilines is 1. The Kier molecular flexibility index (Phi) is 4.92. The van der Waals surface area contributed by atoms with Crippen molar-refractivity contribution in [3.05, 3.63) is 23.9 Å². The van der Waals surface area contributed by atoms with Crippen molar-refractivity contribution in [1.29, 1.82) is 0 Å². The maximum absolute atomic E-state index is 9.36. The number of rotatable bonds is 5. The van der Waals surface area contributed by atoms with Crippen LogP contribution in [0.2, 0.25) is 0 Å². The second-order valence-electron chi connectivity index (χ2n) is 4.42. The molecule has 1 aliphatic heterocycles. The van der Waals surface area contributed by atoms with Gasteiger partial charge in [-0.25, -0.2) is 4.98 Å². The molecular weight excluding hydrogens is 230 g/mol. The minimum Gasteiger partial charge on any atom is -0.395 e. The van der Waals surface area contributed by atoms with Gasteiger partial charge in [-0.3, -0.25) is 4.90 Å². The summed E-state index contributed by atoms with van der Waals surface area (Å²) in [5.74, 6) is 0.934. The summed E-state index contributed by atoms with van der Waals surface area (Å²) in [7, 11) is 0. The Morgan fingerprint density at radius 3 is 3.28 bits per heavy atom. The van der Waals surface area contributed by atoms with E-state index >= 15 is 0 Å². The van der Waals surface area contributed by atoms with E-state index in [0.29, 0.717) is 6.61 Å². The number of aromatic nitrogens is 1. The van der Waals surface area contributed by atoms with E-state index in [9.17, 15) is 5.11 Å². The highest BCUT2D eigenvalue weighted by Gasteiger charge is 2.23. The third-order valence-corrected chi connectivity index (χ3v) is 3.17. The molecule has 18 heavy (non-hydrogen) atoms. The van der Waals surface area contributed by atoms with Crippen LogP contribution >= 0.6 is 0 Å². The zero-order valence-electron chi connectivity index (χ0n) is 10.8. The molecule has 0 spiro atoms. The topological polar surface area (TPSA) is 57.6 Å². The van der Waals surface area contributed by atoms with Crippen molar-refractivity contribution >= 4 is 5.82 Å². The van der Waals surface area contributed by atoms with Crippen LogP contribution in [-0.4, -0.2) is 53.9 Å². The van der Waals surface area contributed by atoms with Crippen molar-refractivity contribution in [1.82, 2.24) is 9.88 Å². The van der Waals surface area contributed by atoms with Gasteiger partial charge in [0.05, 0.1) is 25.9 Å². The summed E-state index contributed by atoms with van der Waals surface area (Å²) >= 11 is 0. The highest BCUT2D eigenvalue weighted by molar-refractivity contribution is 5.43. The molecule has 1 aliphatic rings. The molecule has 2 rings (SSSR count). The van der Waals surface area contributed by atoms with Gasteiger partial charge in [0, 0.05) is 31.4 Å². The Balaban J connectivity index is 2.07. The van der Waals surface area contributed by atoms with Crippen LogP contribution in [-0.2, 0) is 11.3 Å². The molecule has 2 heterocycles. The molecule has 5 heteroatoms. The first-order chi connectivity index (χ1) is 8.85. The molecule has 1 saturated heterocycles. The third-order valence-electron chi connectivity index (χ3n) is 3.17. The predicted octanol–water partition coefficient (Wildman–Crippen LogP) is 0.706. The first-order valence-corrected chi connectivity index (χ1v) is 6.45. The molecule has 100 valence electrons. The summed E-state index contributed by atoms with van der Waals surface area (Å²) < 4.78 is 5.39. The van der Waals surface area contributed by atoms with E-state index in [1.54, 1.807) is 6.20 Å². The van der Waals surface area contributed by atoms with Crippen molar-refractivity contribution in [2.75, 3.05) is 38.2 Å². The molecule has 0 aliphatic carbocycles. The van der Waals surface area contributed by atoms with Crippen molar-refractivity contribution < 1.29 is 9.84 Å². The quantitative estimate of drug-likeness (QED) is 0.807. The molecule has 1 aromatic rings. The fourth-order valence-electron chi connectivity index (χ4n) is 2.18. The second kappa shape index (κ2) is 6.68. The average molecular weight is 251 g/mol. The average Bonchev–Trinajstić information content (AvgIpc) is 2.42. The molecule has 2 N–H and O–H groups in total. The first kappa shape index (κ1) is 13.3. The largest absolute Gasteiger partial charge is 0.395 e. The predicted molar refractivity (Wildman–Crippen MR) is 70.5 cm³/mol. The van der Waals surface area contributed by atoms with Crippen LogP contribution in [0.25, 0.3) is 0 Å². The number of morpholine rings is 1. The fraction of sp³-hybridized carbons (Fsp3) is 0.615. The van der Waals surface area contributed by atoms with Gasteiger partial charge in [0.2, 0.25) is 0 Å².